The van der Waals surface area contributed by atoms with Crippen molar-refractivity contribution in [3.05, 3.63) is 0 Å². The maximum Gasteiger partial charge on any atom is 0.407 e. The maximum absolute atomic E-state index is 12.0. The van der Waals surface area contributed by atoms with Gasteiger partial charge in [0.2, 0.25) is 5.92 Å². The summed E-state index contributed by atoms with van der Waals surface area (Å²) in [5, 5.41) is 2.41. The number of rotatable bonds is 7. The lowest BCUT2D eigenvalue weighted by Crippen LogP contribution is -2.49. The number of Topliss-reactive ketones (excluding diaryl/α,β-unsaturated/α-hetero) is 1. The van der Waals surface area contributed by atoms with Crippen LogP contribution in [0.2, 0.25) is 25.7 Å². The quantitative estimate of drug-likeness (QED) is 0.416. The van der Waals surface area contributed by atoms with Crippen LogP contribution in [0.15, 0.2) is 0 Å². The van der Waals surface area contributed by atoms with E-state index in [1.807, 2.05) is 0 Å². The van der Waals surface area contributed by atoms with Crippen molar-refractivity contribution in [1.82, 2.24) is 5.32 Å². The Morgan fingerprint density at radius 1 is 1.17 bits per heavy atom. The van der Waals surface area contributed by atoms with Gasteiger partial charge in [-0.1, -0.05) is 19.6 Å². The molecule has 0 aromatic heterocycles. The van der Waals surface area contributed by atoms with Crippen molar-refractivity contribution in [1.29, 1.82) is 0 Å². The van der Waals surface area contributed by atoms with Crippen molar-refractivity contribution in [2.24, 2.45) is 5.92 Å². The van der Waals surface area contributed by atoms with Gasteiger partial charge >= 0.3 is 18.0 Å². The standard InChI is InChI=1S/C15H25NO7Si/c1-15(2)22-12(18)11(13(19)23-15)10(17)6-7-16-14(20)21-8-9-24(3,4)5/h11H,6-9H2,1-5H3,(H,16,20). The van der Waals surface area contributed by atoms with Crippen LogP contribution >= 0.6 is 0 Å². The molecule has 0 aliphatic carbocycles. The molecule has 0 atom stereocenters. The Hall–Kier alpha value is -1.90. The molecule has 1 saturated heterocycles. The zero-order valence-corrected chi connectivity index (χ0v) is 15.8. The van der Waals surface area contributed by atoms with Crippen molar-refractivity contribution in [2.45, 2.75) is 51.7 Å². The van der Waals surface area contributed by atoms with Crippen molar-refractivity contribution >= 4 is 31.9 Å². The van der Waals surface area contributed by atoms with Crippen molar-refractivity contribution in [2.75, 3.05) is 13.2 Å². The molecule has 1 amide bonds. The number of hydrogen-bond donors (Lipinski definition) is 1. The van der Waals surface area contributed by atoms with Gasteiger partial charge in [-0.05, 0) is 6.04 Å². The molecule has 24 heavy (non-hydrogen) atoms. The van der Waals surface area contributed by atoms with E-state index in [0.29, 0.717) is 6.61 Å². The molecule has 136 valence electrons. The Kier molecular flexibility index (Phi) is 6.53. The minimum absolute atomic E-state index is 0.0366. The minimum atomic E-state index is -1.59. The predicted octanol–water partition coefficient (Wildman–Crippen LogP) is 1.46. The number of carbonyl (C=O) groups excluding carboxylic acids is 4. The molecule has 1 aliphatic heterocycles. The smallest absolute Gasteiger partial charge is 0.407 e. The van der Waals surface area contributed by atoms with Crippen LogP contribution in [0.5, 0.6) is 0 Å². The molecule has 8 nitrogen and oxygen atoms in total. The number of ether oxygens (including phenoxy) is 3. The fourth-order valence-corrected chi connectivity index (χ4v) is 2.63. The molecule has 0 aromatic rings. The molecule has 1 fully saturated rings. The third kappa shape index (κ3) is 6.69. The maximum atomic E-state index is 12.0. The number of amides is 1. The van der Waals surface area contributed by atoms with Crippen LogP contribution in [0.3, 0.4) is 0 Å². The van der Waals surface area contributed by atoms with E-state index >= 15 is 0 Å². The highest BCUT2D eigenvalue weighted by molar-refractivity contribution is 6.76. The number of cyclic esters (lactones) is 2. The van der Waals surface area contributed by atoms with Gasteiger partial charge in [-0.25, -0.2) is 4.79 Å². The van der Waals surface area contributed by atoms with E-state index in [1.165, 1.54) is 13.8 Å². The second-order valence-corrected chi connectivity index (χ2v) is 12.9. The van der Waals surface area contributed by atoms with E-state index in [2.05, 4.69) is 25.0 Å². The molecule has 0 unspecified atom stereocenters. The Bertz CT molecular complexity index is 504. The normalized spacial score (nSPS) is 17.7. The predicted molar refractivity (Wildman–Crippen MR) is 86.9 cm³/mol. The lowest BCUT2D eigenvalue weighted by Gasteiger charge is -2.32. The van der Waals surface area contributed by atoms with Gasteiger partial charge in [0.15, 0.2) is 5.78 Å². The van der Waals surface area contributed by atoms with Crippen molar-refractivity contribution in [3.8, 4) is 0 Å². The number of hydrogen-bond acceptors (Lipinski definition) is 7. The van der Waals surface area contributed by atoms with Crippen LogP contribution in [0.25, 0.3) is 0 Å². The molecule has 1 aliphatic rings. The van der Waals surface area contributed by atoms with Crippen LogP contribution in [-0.2, 0) is 28.6 Å². The first kappa shape index (κ1) is 20.1. The summed E-state index contributed by atoms with van der Waals surface area (Å²) < 4.78 is 14.8. The van der Waals surface area contributed by atoms with Crippen LogP contribution in [0.4, 0.5) is 4.79 Å². The summed E-state index contributed by atoms with van der Waals surface area (Å²) in [5.41, 5.74) is 0. The highest BCUT2D eigenvalue weighted by atomic mass is 28.3. The SMILES string of the molecule is CC1(C)OC(=O)C(C(=O)CCNC(=O)OCC[Si](C)(C)C)C(=O)O1. The molecule has 0 bridgehead atoms. The van der Waals surface area contributed by atoms with E-state index < -0.39 is 43.6 Å². The molecule has 1 rings (SSSR count). The summed E-state index contributed by atoms with van der Waals surface area (Å²) in [6.45, 7) is 9.59. The number of carbonyl (C=O) groups is 4. The first-order valence-corrected chi connectivity index (χ1v) is 11.5. The Labute approximate surface area is 142 Å². The van der Waals surface area contributed by atoms with Crippen LogP contribution in [0.1, 0.15) is 20.3 Å². The largest absolute Gasteiger partial charge is 0.450 e. The van der Waals surface area contributed by atoms with Gasteiger partial charge in [-0.3, -0.25) is 14.4 Å². The van der Waals surface area contributed by atoms with Gasteiger partial charge in [-0.15, -0.1) is 0 Å². The lowest BCUT2D eigenvalue weighted by molar-refractivity contribution is -0.238. The molecule has 0 radical (unpaired) electrons. The van der Waals surface area contributed by atoms with E-state index in [0.717, 1.165) is 6.04 Å². The van der Waals surface area contributed by atoms with Gasteiger partial charge in [0, 0.05) is 34.9 Å². The summed E-state index contributed by atoms with van der Waals surface area (Å²) in [7, 11) is -1.28. The van der Waals surface area contributed by atoms with Gasteiger partial charge in [-0.2, -0.15) is 0 Å². The Morgan fingerprint density at radius 3 is 2.21 bits per heavy atom. The van der Waals surface area contributed by atoms with Crippen LogP contribution < -0.4 is 5.32 Å². The number of nitrogens with one attached hydrogen (secondary N) is 1. The summed E-state index contributed by atoms with van der Waals surface area (Å²) in [6, 6.07) is 0.842. The van der Waals surface area contributed by atoms with Crippen LogP contribution in [-0.4, -0.2) is 50.8 Å². The number of esters is 2. The molecule has 1 heterocycles. The monoisotopic (exact) mass is 359 g/mol. The van der Waals surface area contributed by atoms with E-state index in [1.54, 1.807) is 0 Å². The first-order valence-electron chi connectivity index (χ1n) is 7.80. The third-order valence-corrected chi connectivity index (χ3v) is 4.92. The number of ketones is 1. The van der Waals surface area contributed by atoms with Gasteiger partial charge in [0.1, 0.15) is 0 Å². The summed E-state index contributed by atoms with van der Waals surface area (Å²) in [4.78, 5) is 46.9. The molecule has 0 saturated carbocycles. The van der Waals surface area contributed by atoms with Gasteiger partial charge in [0.05, 0.1) is 6.61 Å². The minimum Gasteiger partial charge on any atom is -0.450 e. The Balaban J connectivity index is 2.35. The summed E-state index contributed by atoms with van der Waals surface area (Å²) in [5.74, 6) is -5.49. The average Bonchev–Trinajstić information content (AvgIpc) is 2.34. The fraction of sp³-hybridized carbons (Fsp3) is 0.733. The fourth-order valence-electron chi connectivity index (χ4n) is 1.92. The Morgan fingerprint density at radius 2 is 1.71 bits per heavy atom. The van der Waals surface area contributed by atoms with E-state index in [9.17, 15) is 19.2 Å². The molecule has 9 heteroatoms. The van der Waals surface area contributed by atoms with Crippen molar-refractivity contribution in [3.63, 3.8) is 0 Å². The van der Waals surface area contributed by atoms with Gasteiger partial charge in [0.25, 0.3) is 5.79 Å². The highest BCUT2D eigenvalue weighted by Gasteiger charge is 2.46. The van der Waals surface area contributed by atoms with E-state index in [-0.39, 0.29) is 13.0 Å². The molecule has 0 aromatic carbocycles. The summed E-state index contributed by atoms with van der Waals surface area (Å²) >= 11 is 0. The number of alkyl carbamates (subject to hydrolysis) is 1. The average molecular weight is 359 g/mol. The second-order valence-electron chi connectivity index (χ2n) is 7.26. The molecule has 0 spiro atoms. The van der Waals surface area contributed by atoms with Crippen LogP contribution in [0, 0.1) is 5.92 Å². The van der Waals surface area contributed by atoms with Crippen molar-refractivity contribution < 1.29 is 33.4 Å². The van der Waals surface area contributed by atoms with E-state index in [4.69, 9.17) is 14.2 Å². The summed E-state index contributed by atoms with van der Waals surface area (Å²) in [6.07, 6.45) is -0.825. The highest BCUT2D eigenvalue weighted by Crippen LogP contribution is 2.24. The zero-order chi connectivity index (χ0) is 18.5. The first-order chi connectivity index (χ1) is 10.9. The zero-order valence-electron chi connectivity index (χ0n) is 14.8. The topological polar surface area (TPSA) is 108 Å². The third-order valence-electron chi connectivity index (χ3n) is 3.21. The molecular formula is C15H25NO7Si. The molecule has 1 N–H and O–H groups in total. The second kappa shape index (κ2) is 7.78. The molecular weight excluding hydrogens is 334 g/mol. The lowest BCUT2D eigenvalue weighted by atomic mass is 10.0. The van der Waals surface area contributed by atoms with Gasteiger partial charge < -0.3 is 19.5 Å².